The third-order valence-electron chi connectivity index (χ3n) is 5.00. The Hall–Kier alpha value is -2.70. The fourth-order valence-corrected chi connectivity index (χ4v) is 3.49. The molecule has 0 N–H and O–H groups in total. The first kappa shape index (κ1) is 19.1. The van der Waals surface area contributed by atoms with Crippen LogP contribution in [0.3, 0.4) is 0 Å². The minimum Gasteiger partial charge on any atom is -0.349 e. The summed E-state index contributed by atoms with van der Waals surface area (Å²) in [5.74, 6) is 1.26. The Morgan fingerprint density at radius 2 is 2.04 bits per heavy atom. The summed E-state index contributed by atoms with van der Waals surface area (Å²) >= 11 is 0. The molecule has 0 saturated carbocycles. The van der Waals surface area contributed by atoms with Crippen molar-refractivity contribution >= 4 is 11.8 Å². The number of amides is 2. The lowest BCUT2D eigenvalue weighted by molar-refractivity contribution is -0.136. The zero-order chi connectivity index (χ0) is 19.2. The number of imidazole rings is 1. The summed E-state index contributed by atoms with van der Waals surface area (Å²) in [5, 5.41) is 0. The first-order valence-electron chi connectivity index (χ1n) is 9.43. The van der Waals surface area contributed by atoms with Gasteiger partial charge in [-0.1, -0.05) is 6.07 Å². The molecule has 1 atom stereocenters. The molecule has 7 nitrogen and oxygen atoms in total. The highest BCUT2D eigenvalue weighted by molar-refractivity contribution is 5.83. The van der Waals surface area contributed by atoms with E-state index >= 15 is 0 Å². The first-order chi connectivity index (χ1) is 13.0. The molecule has 2 amide bonds. The maximum Gasteiger partial charge on any atom is 0.223 e. The minimum atomic E-state index is -0.0113. The van der Waals surface area contributed by atoms with E-state index in [-0.39, 0.29) is 30.6 Å². The summed E-state index contributed by atoms with van der Waals surface area (Å²) in [4.78, 5) is 36.6. The zero-order valence-electron chi connectivity index (χ0n) is 16.0. The van der Waals surface area contributed by atoms with Crippen LogP contribution < -0.4 is 0 Å². The second-order valence-corrected chi connectivity index (χ2v) is 7.20. The average molecular weight is 369 g/mol. The Morgan fingerprint density at radius 3 is 2.78 bits per heavy atom. The minimum absolute atomic E-state index is 0.0113. The van der Waals surface area contributed by atoms with Gasteiger partial charge in [-0.2, -0.15) is 0 Å². The zero-order valence-corrected chi connectivity index (χ0v) is 16.0. The van der Waals surface area contributed by atoms with Crippen LogP contribution in [0.15, 0.2) is 36.8 Å². The number of carbonyl (C=O) groups is 2. The summed E-state index contributed by atoms with van der Waals surface area (Å²) < 4.78 is 2.12. The molecule has 1 aliphatic heterocycles. The van der Waals surface area contributed by atoms with E-state index in [0.29, 0.717) is 13.1 Å². The SMILES string of the molecule is CN(C)C(=O)CCC(=O)N1CCC[C@@H](c2nccn2Cc2ccccn2)C1. The molecule has 0 aliphatic carbocycles. The molecule has 0 radical (unpaired) electrons. The van der Waals surface area contributed by atoms with E-state index in [4.69, 9.17) is 0 Å². The number of rotatable bonds is 6. The standard InChI is InChI=1S/C20H27N5O2/c1-23(2)18(26)8-9-19(27)24-12-5-6-16(14-24)20-22-11-13-25(20)15-17-7-3-4-10-21-17/h3-4,7,10-11,13,16H,5-6,8-9,12,14-15H2,1-2H3/t16-/m1/s1. The van der Waals surface area contributed by atoms with Crippen molar-refractivity contribution in [3.8, 4) is 0 Å². The predicted octanol–water partition coefficient (Wildman–Crippen LogP) is 1.90. The van der Waals surface area contributed by atoms with E-state index in [1.54, 1.807) is 20.3 Å². The van der Waals surface area contributed by atoms with Crippen molar-refractivity contribution in [2.24, 2.45) is 0 Å². The Balaban J connectivity index is 1.62. The lowest BCUT2D eigenvalue weighted by atomic mass is 9.96. The highest BCUT2D eigenvalue weighted by atomic mass is 16.2. The number of pyridine rings is 1. The van der Waals surface area contributed by atoms with Crippen LogP contribution in [-0.4, -0.2) is 63.3 Å². The number of piperidine rings is 1. The van der Waals surface area contributed by atoms with Gasteiger partial charge in [0.25, 0.3) is 0 Å². The van der Waals surface area contributed by atoms with Crippen LogP contribution in [0.25, 0.3) is 0 Å². The highest BCUT2D eigenvalue weighted by Gasteiger charge is 2.27. The maximum absolute atomic E-state index is 12.5. The molecular formula is C20H27N5O2. The summed E-state index contributed by atoms with van der Waals surface area (Å²) in [5.41, 5.74) is 0.989. The van der Waals surface area contributed by atoms with Crippen LogP contribution in [0.1, 0.15) is 43.1 Å². The molecule has 144 valence electrons. The van der Waals surface area contributed by atoms with E-state index in [1.807, 2.05) is 35.5 Å². The maximum atomic E-state index is 12.5. The van der Waals surface area contributed by atoms with Gasteiger partial charge < -0.3 is 14.4 Å². The molecular weight excluding hydrogens is 342 g/mol. The van der Waals surface area contributed by atoms with Gasteiger partial charge in [-0.05, 0) is 25.0 Å². The number of nitrogens with zero attached hydrogens (tertiary/aromatic N) is 5. The van der Waals surface area contributed by atoms with Gasteiger partial charge >= 0.3 is 0 Å². The molecule has 7 heteroatoms. The quantitative estimate of drug-likeness (QED) is 0.780. The molecule has 0 bridgehead atoms. The normalized spacial score (nSPS) is 17.0. The van der Waals surface area contributed by atoms with Gasteiger partial charge in [-0.15, -0.1) is 0 Å². The van der Waals surface area contributed by atoms with E-state index in [9.17, 15) is 9.59 Å². The Morgan fingerprint density at radius 1 is 1.19 bits per heavy atom. The number of carbonyl (C=O) groups excluding carboxylic acids is 2. The van der Waals surface area contributed by atoms with E-state index in [0.717, 1.165) is 30.9 Å². The molecule has 1 aliphatic rings. The molecule has 1 fully saturated rings. The smallest absolute Gasteiger partial charge is 0.223 e. The van der Waals surface area contributed by atoms with Gasteiger partial charge in [0, 0.05) is 64.5 Å². The molecule has 27 heavy (non-hydrogen) atoms. The third-order valence-corrected chi connectivity index (χ3v) is 5.00. The number of likely N-dealkylation sites (tertiary alicyclic amines) is 1. The largest absolute Gasteiger partial charge is 0.349 e. The Labute approximate surface area is 160 Å². The van der Waals surface area contributed by atoms with E-state index in [1.165, 1.54) is 4.90 Å². The monoisotopic (exact) mass is 369 g/mol. The second-order valence-electron chi connectivity index (χ2n) is 7.20. The summed E-state index contributed by atoms with van der Waals surface area (Å²) in [6.07, 6.45) is 8.08. The first-order valence-corrected chi connectivity index (χ1v) is 9.43. The third kappa shape index (κ3) is 4.93. The lowest BCUT2D eigenvalue weighted by Crippen LogP contribution is -2.40. The van der Waals surface area contributed by atoms with Gasteiger partial charge in [0.15, 0.2) is 0 Å². The van der Waals surface area contributed by atoms with Gasteiger partial charge in [0.2, 0.25) is 11.8 Å². The van der Waals surface area contributed by atoms with Crippen LogP contribution in [0.2, 0.25) is 0 Å². The van der Waals surface area contributed by atoms with Crippen LogP contribution in [0.5, 0.6) is 0 Å². The number of hydrogen-bond donors (Lipinski definition) is 0. The van der Waals surface area contributed by atoms with Crippen LogP contribution >= 0.6 is 0 Å². The van der Waals surface area contributed by atoms with Gasteiger partial charge in [0.05, 0.1) is 12.2 Å². The molecule has 2 aromatic heterocycles. The fourth-order valence-electron chi connectivity index (χ4n) is 3.49. The topological polar surface area (TPSA) is 71.3 Å². The molecule has 1 saturated heterocycles. The van der Waals surface area contributed by atoms with Crippen molar-refractivity contribution < 1.29 is 9.59 Å². The number of aromatic nitrogens is 3. The van der Waals surface area contributed by atoms with Crippen molar-refractivity contribution in [2.75, 3.05) is 27.2 Å². The average Bonchev–Trinajstić information content (AvgIpc) is 3.14. The molecule has 3 heterocycles. The molecule has 0 unspecified atom stereocenters. The highest BCUT2D eigenvalue weighted by Crippen LogP contribution is 2.26. The van der Waals surface area contributed by atoms with Gasteiger partial charge in [0.1, 0.15) is 5.82 Å². The van der Waals surface area contributed by atoms with Crippen LogP contribution in [0.4, 0.5) is 0 Å². The molecule has 3 rings (SSSR count). The summed E-state index contributed by atoms with van der Waals surface area (Å²) in [7, 11) is 3.43. The van der Waals surface area contributed by atoms with Crippen molar-refractivity contribution in [3.05, 3.63) is 48.3 Å². The Bertz CT molecular complexity index is 772. The number of hydrogen-bond acceptors (Lipinski definition) is 4. The molecule has 0 spiro atoms. The fraction of sp³-hybridized carbons (Fsp3) is 0.500. The second kappa shape index (κ2) is 8.79. The van der Waals surface area contributed by atoms with Gasteiger partial charge in [-0.3, -0.25) is 14.6 Å². The van der Waals surface area contributed by atoms with Crippen molar-refractivity contribution in [3.63, 3.8) is 0 Å². The van der Waals surface area contributed by atoms with Crippen molar-refractivity contribution in [1.82, 2.24) is 24.3 Å². The van der Waals surface area contributed by atoms with E-state index in [2.05, 4.69) is 14.5 Å². The van der Waals surface area contributed by atoms with Crippen LogP contribution in [0, 0.1) is 0 Å². The van der Waals surface area contributed by atoms with E-state index < -0.39 is 0 Å². The molecule has 0 aromatic carbocycles. The van der Waals surface area contributed by atoms with Crippen molar-refractivity contribution in [2.45, 2.75) is 38.1 Å². The lowest BCUT2D eigenvalue weighted by Gasteiger charge is -2.33. The summed E-state index contributed by atoms with van der Waals surface area (Å²) in [6.45, 7) is 2.10. The molecule has 2 aromatic rings. The predicted molar refractivity (Wildman–Crippen MR) is 102 cm³/mol. The van der Waals surface area contributed by atoms with Crippen molar-refractivity contribution in [1.29, 1.82) is 0 Å². The summed E-state index contributed by atoms with van der Waals surface area (Å²) in [6, 6.07) is 5.89. The van der Waals surface area contributed by atoms with Crippen LogP contribution in [-0.2, 0) is 16.1 Å². The Kier molecular flexibility index (Phi) is 6.21. The van der Waals surface area contributed by atoms with Gasteiger partial charge in [-0.25, -0.2) is 4.98 Å².